The molecule has 0 radical (unpaired) electrons. The minimum absolute atomic E-state index is 0.0927. The second-order valence-electron chi connectivity index (χ2n) is 7.59. The third kappa shape index (κ3) is 4.31. The zero-order valence-electron chi connectivity index (χ0n) is 17.2. The summed E-state index contributed by atoms with van der Waals surface area (Å²) in [5.41, 5.74) is 5.48. The van der Waals surface area contributed by atoms with E-state index in [4.69, 9.17) is 0 Å². The summed E-state index contributed by atoms with van der Waals surface area (Å²) in [5, 5.41) is 2.10. The van der Waals surface area contributed by atoms with E-state index in [0.717, 1.165) is 23.1 Å². The summed E-state index contributed by atoms with van der Waals surface area (Å²) in [6.45, 7) is 4.58. The van der Waals surface area contributed by atoms with Crippen LogP contribution in [0.5, 0.6) is 0 Å². The summed E-state index contributed by atoms with van der Waals surface area (Å²) in [7, 11) is 0. The van der Waals surface area contributed by atoms with Crippen LogP contribution >= 0.6 is 0 Å². The second kappa shape index (κ2) is 8.59. The van der Waals surface area contributed by atoms with Crippen LogP contribution in [0.25, 0.3) is 5.65 Å². The number of nitrogens with zero attached hydrogens (tertiary/aromatic N) is 2. The zero-order chi connectivity index (χ0) is 21.1. The van der Waals surface area contributed by atoms with Crippen molar-refractivity contribution in [1.82, 2.24) is 9.38 Å². The average Bonchev–Trinajstić information content (AvgIpc) is 2.75. The molecule has 1 atom stereocenters. The molecule has 0 fully saturated rings. The number of aromatic nitrogens is 2. The van der Waals surface area contributed by atoms with Gasteiger partial charge in [-0.15, -0.1) is 0 Å². The Morgan fingerprint density at radius 2 is 1.83 bits per heavy atom. The number of benzene rings is 2. The molecular formula is C25H25FN3O+. The number of hydrogen-bond donors (Lipinski definition) is 1. The molecule has 0 saturated carbocycles. The molecule has 2 aromatic heterocycles. The number of aryl methyl sites for hydroxylation is 2. The van der Waals surface area contributed by atoms with Crippen LogP contribution in [-0.2, 0) is 13.0 Å². The largest absolute Gasteiger partial charge is 0.331 e. The first-order chi connectivity index (χ1) is 14.5. The highest BCUT2D eigenvalue weighted by molar-refractivity contribution is 5.40. The monoisotopic (exact) mass is 402 g/mol. The number of halogens is 1. The highest BCUT2D eigenvalue weighted by Gasteiger charge is 2.19. The summed E-state index contributed by atoms with van der Waals surface area (Å²) in [6.07, 6.45) is 2.77. The normalized spacial score (nSPS) is 12.2. The maximum Gasteiger partial charge on any atom is 0.258 e. The molecule has 0 aliphatic heterocycles. The Hall–Kier alpha value is -3.31. The number of fused-ring (bicyclic) bond motifs is 1. The third-order valence-electron chi connectivity index (χ3n) is 5.38. The average molecular weight is 402 g/mol. The Kier molecular flexibility index (Phi) is 5.72. The first kappa shape index (κ1) is 20.0. The van der Waals surface area contributed by atoms with Crippen LogP contribution in [0.2, 0.25) is 0 Å². The molecule has 0 bridgehead atoms. The van der Waals surface area contributed by atoms with E-state index in [1.54, 1.807) is 28.8 Å². The third-order valence-corrected chi connectivity index (χ3v) is 5.38. The first-order valence-corrected chi connectivity index (χ1v) is 10.2. The molecule has 4 aromatic rings. The van der Waals surface area contributed by atoms with E-state index in [0.29, 0.717) is 17.9 Å². The molecule has 2 heterocycles. The quantitative estimate of drug-likeness (QED) is 0.536. The minimum atomic E-state index is -0.256. The molecule has 152 valence electrons. The van der Waals surface area contributed by atoms with Crippen LogP contribution in [0.15, 0.2) is 77.7 Å². The zero-order valence-corrected chi connectivity index (χ0v) is 17.2. The van der Waals surface area contributed by atoms with Gasteiger partial charge in [-0.3, -0.25) is 9.20 Å². The molecule has 0 spiro atoms. The molecule has 2 aromatic carbocycles. The minimum Gasteiger partial charge on any atom is -0.331 e. The van der Waals surface area contributed by atoms with E-state index in [9.17, 15) is 9.18 Å². The molecule has 0 saturated heterocycles. The lowest BCUT2D eigenvalue weighted by molar-refractivity contribution is -0.702. The number of hydrogen-bond acceptors (Lipinski definition) is 2. The smallest absolute Gasteiger partial charge is 0.258 e. The predicted molar refractivity (Wildman–Crippen MR) is 116 cm³/mol. The van der Waals surface area contributed by atoms with Gasteiger partial charge in [0.2, 0.25) is 0 Å². The molecule has 0 amide bonds. The SMILES string of the molecule is CCc1ccc([C@H]([NH2+]Cc2cc(=O)n3cc(C)ccc3n2)c2cccc(F)c2)cc1. The van der Waals surface area contributed by atoms with Gasteiger partial charge in [0, 0.05) is 23.4 Å². The molecule has 2 N–H and O–H groups in total. The van der Waals surface area contributed by atoms with E-state index in [1.807, 2.05) is 25.1 Å². The van der Waals surface area contributed by atoms with Crippen LogP contribution in [0.1, 0.15) is 40.9 Å². The fraction of sp³-hybridized carbons (Fsp3) is 0.200. The Morgan fingerprint density at radius 1 is 1.03 bits per heavy atom. The van der Waals surface area contributed by atoms with Crippen molar-refractivity contribution in [1.29, 1.82) is 0 Å². The Morgan fingerprint density at radius 3 is 2.57 bits per heavy atom. The van der Waals surface area contributed by atoms with Crippen LogP contribution in [0.4, 0.5) is 4.39 Å². The Balaban J connectivity index is 1.65. The van der Waals surface area contributed by atoms with Crippen molar-refractivity contribution >= 4 is 5.65 Å². The topological polar surface area (TPSA) is 51.0 Å². The fourth-order valence-corrected chi connectivity index (χ4v) is 3.73. The van der Waals surface area contributed by atoms with Gasteiger partial charge in [0.1, 0.15) is 29.7 Å². The van der Waals surface area contributed by atoms with E-state index in [1.165, 1.54) is 11.6 Å². The molecule has 0 unspecified atom stereocenters. The standard InChI is InChI=1S/C25H24FN3O/c1-3-18-8-10-19(11-9-18)25(20-5-4-6-21(26)13-20)27-15-22-14-24(30)29-16-17(2)7-12-23(29)28-22/h4-14,16,25,27H,3,15H2,1-2H3/p+1/t25-/m0/s1. The second-order valence-corrected chi connectivity index (χ2v) is 7.59. The van der Waals surface area contributed by atoms with Crippen molar-refractivity contribution in [2.75, 3.05) is 0 Å². The van der Waals surface area contributed by atoms with E-state index in [-0.39, 0.29) is 17.4 Å². The van der Waals surface area contributed by atoms with Crippen LogP contribution in [0, 0.1) is 12.7 Å². The molecule has 5 heteroatoms. The maximum atomic E-state index is 13.9. The van der Waals surface area contributed by atoms with Crippen LogP contribution in [0.3, 0.4) is 0 Å². The lowest BCUT2D eigenvalue weighted by Crippen LogP contribution is -2.84. The summed E-state index contributed by atoms with van der Waals surface area (Å²) in [4.78, 5) is 17.2. The highest BCUT2D eigenvalue weighted by Crippen LogP contribution is 2.20. The van der Waals surface area contributed by atoms with Crippen molar-refractivity contribution in [3.63, 3.8) is 0 Å². The summed E-state index contributed by atoms with van der Waals surface area (Å²) >= 11 is 0. The van der Waals surface area contributed by atoms with Gasteiger partial charge < -0.3 is 5.32 Å². The van der Waals surface area contributed by atoms with Gasteiger partial charge in [0.05, 0.1) is 0 Å². The highest BCUT2D eigenvalue weighted by atomic mass is 19.1. The Labute approximate surface area is 175 Å². The Bertz CT molecular complexity index is 1230. The molecule has 4 nitrogen and oxygen atoms in total. The molecular weight excluding hydrogens is 377 g/mol. The fourth-order valence-electron chi connectivity index (χ4n) is 3.73. The summed E-state index contributed by atoms with van der Waals surface area (Å²) in [5.74, 6) is -0.256. The molecule has 0 aliphatic rings. The van der Waals surface area contributed by atoms with Gasteiger partial charge in [0.15, 0.2) is 0 Å². The number of rotatable bonds is 6. The van der Waals surface area contributed by atoms with Gasteiger partial charge in [-0.1, -0.05) is 49.4 Å². The predicted octanol–water partition coefficient (Wildman–Crippen LogP) is 3.56. The van der Waals surface area contributed by atoms with E-state index >= 15 is 0 Å². The molecule has 0 aliphatic carbocycles. The van der Waals surface area contributed by atoms with Gasteiger partial charge in [-0.05, 0) is 42.7 Å². The molecule has 4 rings (SSSR count). The van der Waals surface area contributed by atoms with Gasteiger partial charge in [0.25, 0.3) is 5.56 Å². The first-order valence-electron chi connectivity index (χ1n) is 10.2. The van der Waals surface area contributed by atoms with E-state index < -0.39 is 0 Å². The van der Waals surface area contributed by atoms with Gasteiger partial charge in [-0.2, -0.15) is 0 Å². The van der Waals surface area contributed by atoms with Gasteiger partial charge in [-0.25, -0.2) is 9.37 Å². The van der Waals surface area contributed by atoms with Crippen molar-refractivity contribution < 1.29 is 9.71 Å². The lowest BCUT2D eigenvalue weighted by Gasteiger charge is -2.17. The lowest BCUT2D eigenvalue weighted by atomic mass is 9.97. The van der Waals surface area contributed by atoms with Crippen molar-refractivity contribution in [2.45, 2.75) is 32.9 Å². The molecule has 30 heavy (non-hydrogen) atoms. The summed E-state index contributed by atoms with van der Waals surface area (Å²) < 4.78 is 15.5. The van der Waals surface area contributed by atoms with Crippen molar-refractivity contribution in [2.24, 2.45) is 0 Å². The van der Waals surface area contributed by atoms with Gasteiger partial charge >= 0.3 is 0 Å². The number of quaternary nitrogens is 1. The van der Waals surface area contributed by atoms with Crippen LogP contribution < -0.4 is 10.9 Å². The summed E-state index contributed by atoms with van der Waals surface area (Å²) in [6, 6.07) is 20.4. The van der Waals surface area contributed by atoms with Crippen molar-refractivity contribution in [3.8, 4) is 0 Å². The maximum absolute atomic E-state index is 13.9. The van der Waals surface area contributed by atoms with E-state index in [2.05, 4.69) is 41.5 Å². The number of pyridine rings is 1. The van der Waals surface area contributed by atoms with Crippen LogP contribution in [-0.4, -0.2) is 9.38 Å². The van der Waals surface area contributed by atoms with Crippen molar-refractivity contribution in [3.05, 3.63) is 117 Å². The number of nitrogens with two attached hydrogens (primary N) is 1.